The molecule has 3 heterocycles. The summed E-state index contributed by atoms with van der Waals surface area (Å²) in [6, 6.07) is -0.978. The SMILES string of the molecule is CC/C=C\C/C=C\C/C=C\C/C=C\C/C=C\CCCCCCCCCCCCCC(=O)NC(COC1OC(CO)C(OC2OC(CO)C(OC3OC(CO)C(O)C(O)C3O)C(O)C2O)C(O)C1O)C(O)/C=C/CCCCCCCCCCCCCCC. The van der Waals surface area contributed by atoms with Crippen LogP contribution in [0.5, 0.6) is 0 Å². The second-order valence-corrected chi connectivity index (χ2v) is 23.9. The molecule has 0 bridgehead atoms. The fourth-order valence-corrected chi connectivity index (χ4v) is 11.0. The monoisotopic (exact) mass is 1240 g/mol. The van der Waals surface area contributed by atoms with Crippen LogP contribution in [0.1, 0.15) is 219 Å². The molecule has 1 amide bonds. The zero-order valence-electron chi connectivity index (χ0n) is 53.0. The summed E-state index contributed by atoms with van der Waals surface area (Å²) in [5.41, 5.74) is 0. The Morgan fingerprint density at radius 1 is 0.425 bits per heavy atom. The molecule has 17 atom stereocenters. The molecule has 17 unspecified atom stereocenters. The predicted octanol–water partition coefficient (Wildman–Crippen LogP) is 8.16. The molecule has 0 aromatic carbocycles. The lowest BCUT2D eigenvalue weighted by molar-refractivity contribution is -0.379. The number of amides is 1. The van der Waals surface area contributed by atoms with Crippen LogP contribution in [0.15, 0.2) is 72.9 Å². The molecule has 3 fully saturated rings. The molecule has 19 heteroatoms. The third kappa shape index (κ3) is 32.4. The molecule has 87 heavy (non-hydrogen) atoms. The molecule has 3 aliphatic heterocycles. The van der Waals surface area contributed by atoms with Gasteiger partial charge in [0, 0.05) is 6.42 Å². The largest absolute Gasteiger partial charge is 0.394 e. The molecule has 0 aromatic heterocycles. The summed E-state index contributed by atoms with van der Waals surface area (Å²) in [6.45, 7) is 1.61. The summed E-state index contributed by atoms with van der Waals surface area (Å²) in [5.74, 6) is -0.282. The lowest BCUT2D eigenvalue weighted by Crippen LogP contribution is -2.66. The zero-order chi connectivity index (χ0) is 63.3. The van der Waals surface area contributed by atoms with Crippen molar-refractivity contribution in [3.63, 3.8) is 0 Å². The molecule has 3 aliphatic rings. The van der Waals surface area contributed by atoms with Gasteiger partial charge in [0.05, 0.1) is 38.6 Å². The average molecular weight is 1240 g/mol. The van der Waals surface area contributed by atoms with E-state index < -0.39 is 124 Å². The van der Waals surface area contributed by atoms with Crippen LogP contribution < -0.4 is 5.32 Å². The second kappa shape index (κ2) is 49.9. The summed E-state index contributed by atoms with van der Waals surface area (Å²) < 4.78 is 34.3. The lowest BCUT2D eigenvalue weighted by atomic mass is 9.96. The number of rotatable bonds is 50. The summed E-state index contributed by atoms with van der Waals surface area (Å²) in [6.07, 6.45) is 34.4. The highest BCUT2D eigenvalue weighted by atomic mass is 16.8. The van der Waals surface area contributed by atoms with Crippen molar-refractivity contribution in [1.82, 2.24) is 5.32 Å². The molecule has 0 aliphatic carbocycles. The van der Waals surface area contributed by atoms with Gasteiger partial charge >= 0.3 is 0 Å². The number of carbonyl (C=O) groups excluding carboxylic acids is 1. The van der Waals surface area contributed by atoms with Crippen LogP contribution in [0.2, 0.25) is 0 Å². The third-order valence-electron chi connectivity index (χ3n) is 16.5. The maximum absolute atomic E-state index is 13.4. The maximum atomic E-state index is 13.4. The molecule has 504 valence electrons. The fraction of sp³-hybridized carbons (Fsp3) is 0.809. The highest BCUT2D eigenvalue weighted by molar-refractivity contribution is 5.76. The van der Waals surface area contributed by atoms with Crippen LogP contribution in [0.25, 0.3) is 0 Å². The first-order valence-electron chi connectivity index (χ1n) is 33.7. The zero-order valence-corrected chi connectivity index (χ0v) is 53.0. The Bertz CT molecular complexity index is 1860. The van der Waals surface area contributed by atoms with Gasteiger partial charge in [0.1, 0.15) is 73.2 Å². The predicted molar refractivity (Wildman–Crippen MR) is 337 cm³/mol. The number of aliphatic hydroxyl groups excluding tert-OH is 11. The Kier molecular flexibility index (Phi) is 45.0. The van der Waals surface area contributed by atoms with Crippen molar-refractivity contribution < 1.29 is 89.4 Å². The molecule has 19 nitrogen and oxygen atoms in total. The molecular formula is C68H119NO18. The van der Waals surface area contributed by atoms with E-state index in [1.54, 1.807) is 6.08 Å². The van der Waals surface area contributed by atoms with Crippen LogP contribution in [0.4, 0.5) is 0 Å². The molecule has 12 N–H and O–H groups in total. The smallest absolute Gasteiger partial charge is 0.220 e. The molecule has 0 saturated carbocycles. The standard InChI is InChI=1S/C68H119NO18/c1-3-5-7-9-11-13-15-17-19-20-21-22-23-24-25-26-27-28-29-30-32-34-36-38-40-42-44-46-56(74)69-51(52(73)45-43-41-39-37-35-33-31-18-16-14-12-10-8-6-4-2)50-82-66-62(80)59(77)64(54(48-71)84-66)87-68-63(81)60(78)65(55(49-72)85-68)86-67-61(79)58(76)57(75)53(47-70)83-67/h5,7,11,13,17,19,21-22,24-25,43,45,51-55,57-68,70-73,75-81H,3-4,6,8-10,12,14-16,18,20,23,26-42,44,46-50H2,1-2H3,(H,69,74)/b7-5-,13-11-,19-17-,22-21-,25-24-,45-43+. The Morgan fingerprint density at radius 2 is 0.793 bits per heavy atom. The van der Waals surface area contributed by atoms with Gasteiger partial charge in [0.15, 0.2) is 18.9 Å². The lowest BCUT2D eigenvalue weighted by Gasteiger charge is -2.48. The molecular weight excluding hydrogens is 1120 g/mol. The molecule has 0 spiro atoms. The van der Waals surface area contributed by atoms with Gasteiger partial charge in [0.25, 0.3) is 0 Å². The fourth-order valence-electron chi connectivity index (χ4n) is 11.0. The summed E-state index contributed by atoms with van der Waals surface area (Å²) in [7, 11) is 0. The van der Waals surface area contributed by atoms with E-state index in [2.05, 4.69) is 79.9 Å². The number of ether oxygens (including phenoxy) is 6. The topological polar surface area (TPSA) is 307 Å². The summed E-state index contributed by atoms with van der Waals surface area (Å²) in [4.78, 5) is 13.4. The van der Waals surface area contributed by atoms with Crippen LogP contribution >= 0.6 is 0 Å². The van der Waals surface area contributed by atoms with E-state index in [0.717, 1.165) is 89.9 Å². The van der Waals surface area contributed by atoms with Crippen LogP contribution in [0, 0.1) is 0 Å². The summed E-state index contributed by atoms with van der Waals surface area (Å²) >= 11 is 0. The van der Waals surface area contributed by atoms with Crippen molar-refractivity contribution in [3.8, 4) is 0 Å². The van der Waals surface area contributed by atoms with E-state index in [1.165, 1.54) is 103 Å². The first-order valence-corrected chi connectivity index (χ1v) is 33.7. The number of nitrogens with one attached hydrogen (secondary N) is 1. The van der Waals surface area contributed by atoms with Crippen LogP contribution in [-0.2, 0) is 33.2 Å². The minimum absolute atomic E-state index is 0.236. The van der Waals surface area contributed by atoms with Gasteiger partial charge in [-0.25, -0.2) is 0 Å². The van der Waals surface area contributed by atoms with Crippen molar-refractivity contribution in [2.45, 2.75) is 324 Å². The Balaban J connectivity index is 1.43. The highest BCUT2D eigenvalue weighted by Crippen LogP contribution is 2.33. The minimum atomic E-state index is -1.98. The van der Waals surface area contributed by atoms with Crippen LogP contribution in [0.3, 0.4) is 0 Å². The van der Waals surface area contributed by atoms with Crippen molar-refractivity contribution in [2.24, 2.45) is 0 Å². The van der Waals surface area contributed by atoms with Gasteiger partial charge in [0.2, 0.25) is 5.91 Å². The van der Waals surface area contributed by atoms with E-state index in [9.17, 15) is 61.0 Å². The van der Waals surface area contributed by atoms with Crippen LogP contribution in [-0.4, -0.2) is 193 Å². The molecule has 0 aromatic rings. The van der Waals surface area contributed by atoms with Crippen molar-refractivity contribution in [2.75, 3.05) is 26.4 Å². The Morgan fingerprint density at radius 3 is 1.24 bits per heavy atom. The quantitative estimate of drug-likeness (QED) is 0.0202. The van der Waals surface area contributed by atoms with E-state index in [4.69, 9.17) is 28.4 Å². The number of unbranched alkanes of at least 4 members (excludes halogenated alkanes) is 24. The number of aliphatic hydroxyl groups is 11. The number of allylic oxidation sites excluding steroid dienone is 11. The number of hydrogen-bond donors (Lipinski definition) is 12. The van der Waals surface area contributed by atoms with Gasteiger partial charge in [-0.1, -0.05) is 222 Å². The average Bonchev–Trinajstić information content (AvgIpc) is 1.10. The van der Waals surface area contributed by atoms with Gasteiger partial charge in [-0.05, 0) is 64.2 Å². The van der Waals surface area contributed by atoms with Crippen molar-refractivity contribution in [1.29, 1.82) is 0 Å². The van der Waals surface area contributed by atoms with Gasteiger partial charge in [-0.2, -0.15) is 0 Å². The van der Waals surface area contributed by atoms with Gasteiger partial charge in [-0.15, -0.1) is 0 Å². The summed E-state index contributed by atoms with van der Waals surface area (Å²) in [5, 5.41) is 120. The van der Waals surface area contributed by atoms with E-state index in [1.807, 2.05) is 6.08 Å². The van der Waals surface area contributed by atoms with Gasteiger partial charge in [-0.3, -0.25) is 4.79 Å². The van der Waals surface area contributed by atoms with Crippen molar-refractivity contribution >= 4 is 5.91 Å². The molecule has 3 saturated heterocycles. The maximum Gasteiger partial charge on any atom is 0.220 e. The second-order valence-electron chi connectivity index (χ2n) is 23.9. The number of carbonyl (C=O) groups is 1. The molecule has 3 rings (SSSR count). The minimum Gasteiger partial charge on any atom is -0.394 e. The number of hydrogen-bond acceptors (Lipinski definition) is 18. The highest BCUT2D eigenvalue weighted by Gasteiger charge is 2.53. The van der Waals surface area contributed by atoms with E-state index >= 15 is 0 Å². The van der Waals surface area contributed by atoms with E-state index in [-0.39, 0.29) is 18.9 Å². The van der Waals surface area contributed by atoms with Crippen molar-refractivity contribution in [3.05, 3.63) is 72.9 Å². The Labute approximate surface area is 521 Å². The van der Waals surface area contributed by atoms with E-state index in [0.29, 0.717) is 6.42 Å². The first kappa shape index (κ1) is 78.5. The first-order chi connectivity index (χ1) is 42.3. The normalized spacial score (nSPS) is 29.0. The third-order valence-corrected chi connectivity index (χ3v) is 16.5. The van der Waals surface area contributed by atoms with Gasteiger partial charge < -0.3 is 89.9 Å². The Hall–Kier alpha value is -2.77. The molecule has 0 radical (unpaired) electrons.